The summed E-state index contributed by atoms with van der Waals surface area (Å²) in [5.74, 6) is 0. The van der Waals surface area contributed by atoms with E-state index in [0.29, 0.717) is 12.6 Å². The summed E-state index contributed by atoms with van der Waals surface area (Å²) >= 11 is 0. The van der Waals surface area contributed by atoms with Crippen molar-refractivity contribution in [3.8, 4) is 6.07 Å². The maximum absolute atomic E-state index is 13.8. The second-order valence-corrected chi connectivity index (χ2v) is 9.13. The highest BCUT2D eigenvalue weighted by molar-refractivity contribution is 7.59. The molecular weight excluding hydrogens is 269 g/mol. The molecule has 0 aromatic heterocycles. The van der Waals surface area contributed by atoms with Crippen LogP contribution in [0.1, 0.15) is 61.8 Å². The molecule has 0 aliphatic heterocycles. The highest BCUT2D eigenvalue weighted by Gasteiger charge is 2.41. The fourth-order valence-electron chi connectivity index (χ4n) is 3.18. The molecule has 0 N–H and O–H groups in total. The van der Waals surface area contributed by atoms with Crippen LogP contribution in [0, 0.1) is 11.3 Å². The zero-order valence-electron chi connectivity index (χ0n) is 14.4. The van der Waals surface area contributed by atoms with Crippen LogP contribution in [0.2, 0.25) is 0 Å². The number of hydrogen-bond acceptors (Lipinski definition) is 2. The van der Waals surface area contributed by atoms with E-state index in [4.69, 9.17) is 5.26 Å². The number of hydrogen-bond donors (Lipinski definition) is 0. The fraction of sp³-hybridized carbons (Fsp3) is 0.933. The van der Waals surface area contributed by atoms with Crippen molar-refractivity contribution in [3.63, 3.8) is 0 Å². The summed E-state index contributed by atoms with van der Waals surface area (Å²) in [5.41, 5.74) is 0. The van der Waals surface area contributed by atoms with Gasteiger partial charge in [0.1, 0.15) is 0 Å². The number of rotatable bonds is 8. The van der Waals surface area contributed by atoms with Crippen molar-refractivity contribution in [2.45, 2.75) is 86.0 Å². The summed E-state index contributed by atoms with van der Waals surface area (Å²) in [6.45, 7) is 16.6. The van der Waals surface area contributed by atoms with E-state index >= 15 is 0 Å². The summed E-state index contributed by atoms with van der Waals surface area (Å²) in [4.78, 5) is 0. The maximum atomic E-state index is 13.8. The van der Waals surface area contributed by atoms with Crippen LogP contribution >= 0.6 is 7.44 Å². The van der Waals surface area contributed by atoms with Crippen LogP contribution in [-0.4, -0.2) is 39.7 Å². The minimum Gasteiger partial charge on any atom is -0.289 e. The van der Waals surface area contributed by atoms with Crippen LogP contribution in [-0.2, 0) is 4.57 Å². The van der Waals surface area contributed by atoms with Gasteiger partial charge in [-0.1, -0.05) is 0 Å². The van der Waals surface area contributed by atoms with Crippen LogP contribution in [0.15, 0.2) is 0 Å². The van der Waals surface area contributed by atoms with Gasteiger partial charge in [0.05, 0.1) is 6.07 Å². The van der Waals surface area contributed by atoms with Crippen LogP contribution in [0.4, 0.5) is 0 Å². The Bertz CT molecular complexity index is 332. The Morgan fingerprint density at radius 3 is 1.35 bits per heavy atom. The molecule has 0 saturated carbocycles. The lowest BCUT2D eigenvalue weighted by Crippen LogP contribution is -2.45. The Hall–Kier alpha value is -0.360. The predicted octanol–water partition coefficient (Wildman–Crippen LogP) is 4.33. The summed E-state index contributed by atoms with van der Waals surface area (Å²) in [6.07, 6.45) is 0.777. The topological polar surface area (TPSA) is 47.3 Å². The standard InChI is InChI=1S/C15H32N3OP/c1-12(2)17(13(3)4)20(19,11-9-10-16)18(14(5)6)15(7)8/h12-15H,9,11H2,1-8H3. The molecule has 0 saturated heterocycles. The Morgan fingerprint density at radius 1 is 0.850 bits per heavy atom. The first-order valence-corrected chi connectivity index (χ1v) is 9.43. The Kier molecular flexibility index (Phi) is 8.03. The lowest BCUT2D eigenvalue weighted by atomic mass is 10.3. The monoisotopic (exact) mass is 301 g/mol. The van der Waals surface area contributed by atoms with Crippen molar-refractivity contribution in [1.29, 1.82) is 5.26 Å². The molecule has 5 heteroatoms. The average molecular weight is 301 g/mol. The average Bonchev–Trinajstić information content (AvgIpc) is 2.23. The highest BCUT2D eigenvalue weighted by atomic mass is 31.2. The van der Waals surface area contributed by atoms with Crippen molar-refractivity contribution in [1.82, 2.24) is 9.34 Å². The van der Waals surface area contributed by atoms with Crippen molar-refractivity contribution < 1.29 is 4.57 Å². The SMILES string of the molecule is CC(C)N(C(C)C)P(=O)(CCC#N)N(C(C)C)C(C)C. The van der Waals surface area contributed by atoms with E-state index in [2.05, 4.69) is 70.8 Å². The first-order valence-electron chi connectivity index (χ1n) is 7.63. The van der Waals surface area contributed by atoms with E-state index in [0.717, 1.165) is 0 Å². The van der Waals surface area contributed by atoms with Gasteiger partial charge in [0.15, 0.2) is 0 Å². The summed E-state index contributed by atoms with van der Waals surface area (Å²) in [6, 6.07) is 2.94. The van der Waals surface area contributed by atoms with E-state index in [1.807, 2.05) is 0 Å². The molecule has 0 unspecified atom stereocenters. The number of nitriles is 1. The molecule has 0 aliphatic carbocycles. The zero-order valence-corrected chi connectivity index (χ0v) is 15.3. The molecule has 0 fully saturated rings. The molecule has 20 heavy (non-hydrogen) atoms. The van der Waals surface area contributed by atoms with Gasteiger partial charge in [-0.15, -0.1) is 0 Å². The van der Waals surface area contributed by atoms with Crippen molar-refractivity contribution in [3.05, 3.63) is 0 Å². The second kappa shape index (κ2) is 8.17. The first-order chi connectivity index (χ1) is 9.09. The van der Waals surface area contributed by atoms with Gasteiger partial charge in [0.2, 0.25) is 7.44 Å². The molecular formula is C15H32N3OP. The second-order valence-electron chi connectivity index (χ2n) is 6.43. The third-order valence-corrected chi connectivity index (χ3v) is 7.45. The quantitative estimate of drug-likeness (QED) is 0.626. The summed E-state index contributed by atoms with van der Waals surface area (Å²) in [5, 5.41) is 8.94. The third-order valence-electron chi connectivity index (χ3n) is 3.35. The van der Waals surface area contributed by atoms with Crippen LogP contribution in [0.25, 0.3) is 0 Å². The first kappa shape index (κ1) is 19.6. The molecule has 0 atom stereocenters. The van der Waals surface area contributed by atoms with Crippen LogP contribution in [0.5, 0.6) is 0 Å². The lowest BCUT2D eigenvalue weighted by molar-refractivity contribution is 0.225. The van der Waals surface area contributed by atoms with Gasteiger partial charge in [-0.25, -0.2) is 9.34 Å². The summed E-state index contributed by atoms with van der Waals surface area (Å²) in [7, 11) is -2.74. The van der Waals surface area contributed by atoms with E-state index in [9.17, 15) is 4.57 Å². The van der Waals surface area contributed by atoms with Gasteiger partial charge in [-0.2, -0.15) is 5.26 Å². The van der Waals surface area contributed by atoms with Gasteiger partial charge in [0, 0.05) is 36.8 Å². The van der Waals surface area contributed by atoms with Gasteiger partial charge < -0.3 is 0 Å². The molecule has 0 heterocycles. The normalized spacial score (nSPS) is 13.2. The molecule has 0 aromatic carbocycles. The molecule has 0 amide bonds. The molecule has 4 nitrogen and oxygen atoms in total. The van der Waals surface area contributed by atoms with Gasteiger partial charge in [0.25, 0.3) is 0 Å². The van der Waals surface area contributed by atoms with Crippen LogP contribution < -0.4 is 0 Å². The minimum absolute atomic E-state index is 0.194. The van der Waals surface area contributed by atoms with Crippen LogP contribution in [0.3, 0.4) is 0 Å². The molecule has 0 bridgehead atoms. The Labute approximate surface area is 125 Å². The van der Waals surface area contributed by atoms with Crippen molar-refractivity contribution in [2.24, 2.45) is 0 Å². The maximum Gasteiger partial charge on any atom is 0.218 e. The van der Waals surface area contributed by atoms with E-state index < -0.39 is 7.44 Å². The largest absolute Gasteiger partial charge is 0.289 e. The summed E-state index contributed by atoms with van der Waals surface area (Å²) < 4.78 is 18.1. The van der Waals surface area contributed by atoms with E-state index in [1.54, 1.807) is 0 Å². The third kappa shape index (κ3) is 4.58. The van der Waals surface area contributed by atoms with Crippen molar-refractivity contribution >= 4 is 7.44 Å². The molecule has 0 aromatic rings. The molecule has 118 valence electrons. The Morgan fingerprint density at radius 2 is 1.15 bits per heavy atom. The van der Waals surface area contributed by atoms with E-state index in [1.165, 1.54) is 0 Å². The molecule has 0 aliphatic rings. The van der Waals surface area contributed by atoms with Crippen molar-refractivity contribution in [2.75, 3.05) is 6.16 Å². The number of nitrogens with zero attached hydrogens (tertiary/aromatic N) is 3. The molecule has 0 radical (unpaired) electrons. The molecule has 0 spiro atoms. The van der Waals surface area contributed by atoms with Gasteiger partial charge in [-0.3, -0.25) is 4.57 Å². The fourth-order valence-corrected chi connectivity index (χ4v) is 7.16. The Balaban J connectivity index is 5.81. The predicted molar refractivity (Wildman–Crippen MR) is 86.9 cm³/mol. The van der Waals surface area contributed by atoms with Gasteiger partial charge in [-0.05, 0) is 55.4 Å². The lowest BCUT2D eigenvalue weighted by Gasteiger charge is -2.46. The smallest absolute Gasteiger partial charge is 0.218 e. The zero-order chi connectivity index (χ0) is 16.1. The van der Waals surface area contributed by atoms with E-state index in [-0.39, 0.29) is 24.2 Å². The molecule has 0 rings (SSSR count). The minimum atomic E-state index is -2.74. The highest BCUT2D eigenvalue weighted by Crippen LogP contribution is 2.57. The van der Waals surface area contributed by atoms with Gasteiger partial charge >= 0.3 is 0 Å².